The predicted molar refractivity (Wildman–Crippen MR) is 95.7 cm³/mol. The highest BCUT2D eigenvalue weighted by Crippen LogP contribution is 2.71. The smallest absolute Gasteiger partial charge is 0.199 e. The summed E-state index contributed by atoms with van der Waals surface area (Å²) >= 11 is 1.15. The highest BCUT2D eigenvalue weighted by Gasteiger charge is 2.52. The van der Waals surface area contributed by atoms with Gasteiger partial charge in [0.25, 0.3) is 0 Å². The highest BCUT2D eigenvalue weighted by atomic mass is 32.3. The summed E-state index contributed by atoms with van der Waals surface area (Å²) in [4.78, 5) is 0.725. The second-order valence-corrected chi connectivity index (χ2v) is 10.7. The second-order valence-electron chi connectivity index (χ2n) is 5.08. The van der Waals surface area contributed by atoms with Crippen molar-refractivity contribution in [3.63, 3.8) is 0 Å². The van der Waals surface area contributed by atoms with Crippen LogP contribution < -0.4 is 0 Å². The van der Waals surface area contributed by atoms with Gasteiger partial charge in [-0.2, -0.15) is 25.2 Å². The minimum atomic E-state index is -5.83. The van der Waals surface area contributed by atoms with Gasteiger partial charge in [-0.25, -0.2) is 0 Å². The first kappa shape index (κ1) is 19.0. The van der Waals surface area contributed by atoms with Crippen LogP contribution in [0.1, 0.15) is 0 Å². The molecule has 0 saturated heterocycles. The van der Waals surface area contributed by atoms with Crippen LogP contribution in [0.15, 0.2) is 92.2 Å². The standard InChI is InChI=1S/C17H13F3O3S3/c18-17(19,20)26(21,22)23-25(16-12-7-13-24-16,14-8-3-1-4-9-14)15-10-5-2-6-11-15/h1-13H. The highest BCUT2D eigenvalue weighted by molar-refractivity contribution is 8.34. The van der Waals surface area contributed by atoms with E-state index in [1.54, 1.807) is 78.2 Å². The number of hydrogen-bond donors (Lipinski definition) is 0. The minimum Gasteiger partial charge on any atom is -0.199 e. The van der Waals surface area contributed by atoms with Crippen LogP contribution in [0.3, 0.4) is 0 Å². The summed E-state index contributed by atoms with van der Waals surface area (Å²) in [5.41, 5.74) is -5.52. The second kappa shape index (κ2) is 7.07. The molecule has 26 heavy (non-hydrogen) atoms. The first-order valence-electron chi connectivity index (χ1n) is 7.27. The third-order valence-electron chi connectivity index (χ3n) is 3.40. The van der Waals surface area contributed by atoms with Crippen molar-refractivity contribution in [3.8, 4) is 0 Å². The maximum atomic E-state index is 13.1. The van der Waals surface area contributed by atoms with Gasteiger partial charge in [0.2, 0.25) is 0 Å². The Morgan fingerprint density at radius 1 is 0.769 bits per heavy atom. The van der Waals surface area contributed by atoms with Crippen molar-refractivity contribution in [2.45, 2.75) is 19.5 Å². The molecule has 0 aliphatic carbocycles. The van der Waals surface area contributed by atoms with E-state index in [9.17, 15) is 21.6 Å². The Hall–Kier alpha value is -1.81. The SMILES string of the molecule is O=S(=O)(OS(c1ccccc1)(c1ccccc1)c1cccs1)C(F)(F)F. The van der Waals surface area contributed by atoms with Gasteiger partial charge in [-0.05, 0) is 46.0 Å². The summed E-state index contributed by atoms with van der Waals surface area (Å²) in [7, 11) is -8.95. The molecule has 0 saturated carbocycles. The Morgan fingerprint density at radius 2 is 1.27 bits per heavy atom. The van der Waals surface area contributed by atoms with Crippen LogP contribution in [0.25, 0.3) is 0 Å². The third kappa shape index (κ3) is 3.39. The fourth-order valence-electron chi connectivity index (χ4n) is 2.30. The molecule has 0 amide bonds. The summed E-state index contributed by atoms with van der Waals surface area (Å²) in [5, 5.41) is 1.67. The molecule has 0 atom stereocenters. The Balaban J connectivity index is 2.34. The van der Waals surface area contributed by atoms with E-state index in [4.69, 9.17) is 3.63 Å². The van der Waals surface area contributed by atoms with Crippen molar-refractivity contribution < 1.29 is 25.2 Å². The van der Waals surface area contributed by atoms with E-state index in [0.717, 1.165) is 11.3 Å². The first-order valence-corrected chi connectivity index (χ1v) is 11.1. The zero-order valence-electron chi connectivity index (χ0n) is 13.1. The maximum Gasteiger partial charge on any atom is 0.524 e. The lowest BCUT2D eigenvalue weighted by Crippen LogP contribution is -2.27. The van der Waals surface area contributed by atoms with Crippen LogP contribution in [0.4, 0.5) is 13.2 Å². The molecule has 0 fully saturated rings. The van der Waals surface area contributed by atoms with E-state index >= 15 is 0 Å². The Kier molecular flexibility index (Phi) is 5.16. The molecule has 3 aromatic rings. The molecule has 0 aliphatic rings. The minimum absolute atomic E-state index is 0.362. The molecular weight excluding hydrogens is 405 g/mol. The van der Waals surface area contributed by atoms with Gasteiger partial charge in [0.05, 0.1) is 4.21 Å². The average Bonchev–Trinajstić information content (AvgIpc) is 3.15. The van der Waals surface area contributed by atoms with Gasteiger partial charge in [-0.3, -0.25) is 0 Å². The van der Waals surface area contributed by atoms with Crippen LogP contribution in [0, 0.1) is 0 Å². The van der Waals surface area contributed by atoms with Gasteiger partial charge in [0.1, 0.15) is 0 Å². The third-order valence-corrected chi connectivity index (χ3v) is 9.73. The number of rotatable bonds is 5. The van der Waals surface area contributed by atoms with Gasteiger partial charge in [0, 0.05) is 9.79 Å². The predicted octanol–water partition coefficient (Wildman–Crippen LogP) is 5.81. The zero-order valence-corrected chi connectivity index (χ0v) is 15.5. The normalized spacial score (nSPS) is 13.5. The number of halogens is 3. The Morgan fingerprint density at radius 3 is 1.65 bits per heavy atom. The molecule has 3 nitrogen and oxygen atoms in total. The molecule has 1 aromatic heterocycles. The molecule has 0 bridgehead atoms. The van der Waals surface area contributed by atoms with Gasteiger partial charge in [-0.15, -0.1) is 11.3 Å². The van der Waals surface area contributed by atoms with Gasteiger partial charge >= 0.3 is 15.6 Å². The van der Waals surface area contributed by atoms with E-state index in [1.807, 2.05) is 0 Å². The van der Waals surface area contributed by atoms with E-state index in [-0.39, 0.29) is 0 Å². The number of benzene rings is 2. The van der Waals surface area contributed by atoms with Crippen molar-refractivity contribution in [3.05, 3.63) is 78.2 Å². The van der Waals surface area contributed by atoms with Gasteiger partial charge in [-0.1, -0.05) is 42.5 Å². The fourth-order valence-corrected chi connectivity index (χ4v) is 8.66. The van der Waals surface area contributed by atoms with Crippen LogP contribution >= 0.6 is 21.6 Å². The molecule has 2 aromatic carbocycles. The summed E-state index contributed by atoms with van der Waals surface area (Å²) in [6, 6.07) is 19.5. The molecule has 0 N–H and O–H groups in total. The molecule has 0 unspecified atom stereocenters. The molecular formula is C17H13F3O3S3. The van der Waals surface area contributed by atoms with Crippen molar-refractivity contribution in [2.75, 3.05) is 0 Å². The van der Waals surface area contributed by atoms with E-state index in [1.165, 1.54) is 0 Å². The lowest BCUT2D eigenvalue weighted by Gasteiger charge is -2.38. The summed E-state index contributed by atoms with van der Waals surface area (Å²) < 4.78 is 68.9. The molecule has 0 aliphatic heterocycles. The topological polar surface area (TPSA) is 43.4 Å². The van der Waals surface area contributed by atoms with Gasteiger partial charge in [0.15, 0.2) is 0 Å². The molecule has 138 valence electrons. The maximum absolute atomic E-state index is 13.1. The largest absolute Gasteiger partial charge is 0.524 e. The molecule has 1 heterocycles. The first-order chi connectivity index (χ1) is 12.3. The molecule has 0 radical (unpaired) electrons. The molecule has 3 rings (SSSR count). The van der Waals surface area contributed by atoms with Crippen molar-refractivity contribution in [1.29, 1.82) is 0 Å². The number of thiophene rings is 1. The summed E-state index contributed by atoms with van der Waals surface area (Å²) in [6.07, 6.45) is 0. The number of alkyl halides is 3. The lowest BCUT2D eigenvalue weighted by molar-refractivity contribution is -0.0496. The average molecular weight is 418 g/mol. The van der Waals surface area contributed by atoms with E-state index in [2.05, 4.69) is 0 Å². The van der Waals surface area contributed by atoms with Crippen molar-refractivity contribution in [2.24, 2.45) is 0 Å². The summed E-state index contributed by atoms with van der Waals surface area (Å²) in [6.45, 7) is 0. The quantitative estimate of drug-likeness (QED) is 0.491. The van der Waals surface area contributed by atoms with Crippen LogP contribution in [-0.2, 0) is 13.7 Å². The van der Waals surface area contributed by atoms with Crippen molar-refractivity contribution in [1.82, 2.24) is 0 Å². The van der Waals surface area contributed by atoms with E-state index in [0.29, 0.717) is 14.0 Å². The monoisotopic (exact) mass is 418 g/mol. The van der Waals surface area contributed by atoms with Crippen LogP contribution in [0.2, 0.25) is 0 Å². The Labute approximate surface area is 154 Å². The molecule has 0 spiro atoms. The summed E-state index contributed by atoms with van der Waals surface area (Å²) in [5.74, 6) is 0. The van der Waals surface area contributed by atoms with E-state index < -0.39 is 25.9 Å². The van der Waals surface area contributed by atoms with Crippen LogP contribution in [0.5, 0.6) is 0 Å². The number of hydrogen-bond acceptors (Lipinski definition) is 4. The fraction of sp³-hybridized carbons (Fsp3) is 0.0588. The van der Waals surface area contributed by atoms with Crippen molar-refractivity contribution >= 4 is 31.8 Å². The lowest BCUT2D eigenvalue weighted by atomic mass is 10.4. The molecule has 9 heteroatoms. The van der Waals surface area contributed by atoms with Crippen LogP contribution in [-0.4, -0.2) is 13.9 Å². The van der Waals surface area contributed by atoms with Gasteiger partial charge < -0.3 is 0 Å². The zero-order chi connectivity index (χ0) is 18.8. The Bertz CT molecular complexity index is 915.